The quantitative estimate of drug-likeness (QED) is 0.679. The lowest BCUT2D eigenvalue weighted by atomic mass is 10.1. The molecule has 0 radical (unpaired) electrons. The Balaban J connectivity index is 2.99. The van der Waals surface area contributed by atoms with Crippen LogP contribution in [-0.2, 0) is 0 Å². The van der Waals surface area contributed by atoms with Crippen LogP contribution in [0.15, 0.2) is 18.2 Å². The third-order valence-electron chi connectivity index (χ3n) is 3.60. The zero-order valence-electron chi connectivity index (χ0n) is 12.4. The summed E-state index contributed by atoms with van der Waals surface area (Å²) in [4.78, 5) is 0. The van der Waals surface area contributed by atoms with Crippen molar-refractivity contribution >= 4 is 18.6 Å². The minimum absolute atomic E-state index is 0.775. The Kier molecular flexibility index (Phi) is 5.77. The molecule has 0 bridgehead atoms. The largest absolute Gasteiger partial charge is 0.306 e. The highest BCUT2D eigenvalue weighted by molar-refractivity contribution is 6.73. The molecular formula is C16H27Al. The molecule has 0 amide bonds. The van der Waals surface area contributed by atoms with Gasteiger partial charge in [-0.25, -0.2) is 0 Å². The van der Waals surface area contributed by atoms with E-state index in [2.05, 4.69) is 59.7 Å². The molecule has 94 valence electrons. The number of rotatable bonds is 5. The van der Waals surface area contributed by atoms with Crippen molar-refractivity contribution in [2.75, 3.05) is 0 Å². The third kappa shape index (κ3) is 4.49. The van der Waals surface area contributed by atoms with Gasteiger partial charge >= 0.3 is 14.1 Å². The van der Waals surface area contributed by atoms with Crippen LogP contribution < -0.4 is 4.43 Å². The predicted molar refractivity (Wildman–Crippen MR) is 80.6 cm³/mol. The third-order valence-corrected chi connectivity index (χ3v) is 8.13. The summed E-state index contributed by atoms with van der Waals surface area (Å²) in [5, 5.41) is 2.89. The van der Waals surface area contributed by atoms with Crippen LogP contribution in [0.2, 0.25) is 10.6 Å². The second kappa shape index (κ2) is 6.62. The second-order valence-electron chi connectivity index (χ2n) is 6.25. The van der Waals surface area contributed by atoms with Crippen molar-refractivity contribution in [3.8, 4) is 0 Å². The first-order valence-corrected chi connectivity index (χ1v) is 9.19. The molecule has 1 heteroatoms. The first-order chi connectivity index (χ1) is 7.91. The molecule has 0 aliphatic heterocycles. The summed E-state index contributed by atoms with van der Waals surface area (Å²) in [6.07, 6.45) is 0. The standard InChI is InChI=1S/C8H9.2C4H9.Al/c1-7-5-3-4-6-8(7)2;2*1-4(2)3;/h3-5H,1-2H3;2*4H,1H2,2-3H3;. The van der Waals surface area contributed by atoms with Crippen LogP contribution >= 0.6 is 0 Å². The molecule has 0 N–H and O–H groups in total. The van der Waals surface area contributed by atoms with Crippen molar-refractivity contribution in [3.05, 3.63) is 29.3 Å². The Bertz CT molecular complexity index is 343. The summed E-state index contributed by atoms with van der Waals surface area (Å²) in [6.45, 7) is 14.0. The highest BCUT2D eigenvalue weighted by atomic mass is 27.2. The fourth-order valence-electron chi connectivity index (χ4n) is 2.70. The lowest BCUT2D eigenvalue weighted by Crippen LogP contribution is -2.34. The van der Waals surface area contributed by atoms with Crippen LogP contribution in [0.5, 0.6) is 0 Å². The maximum Gasteiger partial charge on any atom is 0.306 e. The van der Waals surface area contributed by atoms with Crippen LogP contribution in [0, 0.1) is 25.7 Å². The number of hydrogen-bond acceptors (Lipinski definition) is 0. The highest BCUT2D eigenvalue weighted by Crippen LogP contribution is 2.17. The van der Waals surface area contributed by atoms with Gasteiger partial charge in [0.05, 0.1) is 0 Å². The van der Waals surface area contributed by atoms with Crippen molar-refractivity contribution in [1.82, 2.24) is 0 Å². The molecule has 0 atom stereocenters. The van der Waals surface area contributed by atoms with E-state index in [9.17, 15) is 0 Å². The van der Waals surface area contributed by atoms with Gasteiger partial charge in [-0.15, -0.1) is 4.43 Å². The molecule has 0 fully saturated rings. The summed E-state index contributed by atoms with van der Waals surface area (Å²) in [5.41, 5.74) is 3.03. The van der Waals surface area contributed by atoms with E-state index in [0.29, 0.717) is 0 Å². The van der Waals surface area contributed by atoms with Gasteiger partial charge in [-0.05, 0) is 19.4 Å². The molecular weight excluding hydrogens is 219 g/mol. The van der Waals surface area contributed by atoms with Crippen LogP contribution in [0.4, 0.5) is 0 Å². The Morgan fingerprint density at radius 1 is 0.941 bits per heavy atom. The van der Waals surface area contributed by atoms with Crippen LogP contribution in [-0.4, -0.2) is 14.1 Å². The van der Waals surface area contributed by atoms with E-state index in [4.69, 9.17) is 0 Å². The van der Waals surface area contributed by atoms with Crippen molar-refractivity contribution < 1.29 is 0 Å². The molecule has 0 aliphatic carbocycles. The van der Waals surface area contributed by atoms with E-state index in [1.165, 1.54) is 16.1 Å². The normalized spacial score (nSPS) is 11.3. The lowest BCUT2D eigenvalue weighted by molar-refractivity contribution is 0.694. The average Bonchev–Trinajstić information content (AvgIpc) is 2.19. The SMILES string of the molecule is Cc1ccc[c]([Al]([CH2]C(C)C)[CH2]C(C)C)c1C. The van der Waals surface area contributed by atoms with Gasteiger partial charge in [0.1, 0.15) is 0 Å². The smallest absolute Gasteiger partial charge is 0.107 e. The minimum atomic E-state index is -0.775. The maximum absolute atomic E-state index is 2.39. The van der Waals surface area contributed by atoms with Crippen LogP contribution in [0.25, 0.3) is 0 Å². The van der Waals surface area contributed by atoms with Crippen molar-refractivity contribution in [2.24, 2.45) is 11.8 Å². The highest BCUT2D eigenvalue weighted by Gasteiger charge is 2.23. The molecule has 0 saturated carbocycles. The Labute approximate surface area is 112 Å². The van der Waals surface area contributed by atoms with Crippen molar-refractivity contribution in [2.45, 2.75) is 52.1 Å². The molecule has 1 rings (SSSR count). The summed E-state index contributed by atoms with van der Waals surface area (Å²) in [5.74, 6) is 1.68. The Morgan fingerprint density at radius 3 is 1.94 bits per heavy atom. The summed E-state index contributed by atoms with van der Waals surface area (Å²) < 4.78 is 1.72. The zero-order chi connectivity index (χ0) is 13.0. The maximum atomic E-state index is 2.39. The van der Waals surface area contributed by atoms with Gasteiger partial charge in [-0.3, -0.25) is 0 Å². The monoisotopic (exact) mass is 246 g/mol. The first-order valence-electron chi connectivity index (χ1n) is 6.98. The topological polar surface area (TPSA) is 0 Å². The van der Waals surface area contributed by atoms with E-state index in [1.54, 1.807) is 9.99 Å². The van der Waals surface area contributed by atoms with Gasteiger partial charge in [0.25, 0.3) is 0 Å². The molecule has 0 spiro atoms. The fourth-order valence-corrected chi connectivity index (χ4v) is 6.90. The molecule has 17 heavy (non-hydrogen) atoms. The molecule has 0 nitrogen and oxygen atoms in total. The lowest BCUT2D eigenvalue weighted by Gasteiger charge is -2.19. The molecule has 0 aliphatic rings. The second-order valence-corrected chi connectivity index (χ2v) is 9.20. The van der Waals surface area contributed by atoms with Crippen LogP contribution in [0.3, 0.4) is 0 Å². The average molecular weight is 246 g/mol. The minimum Gasteiger partial charge on any atom is -0.107 e. The van der Waals surface area contributed by atoms with E-state index < -0.39 is 14.1 Å². The molecule has 0 heterocycles. The first kappa shape index (κ1) is 14.8. The summed E-state index contributed by atoms with van der Waals surface area (Å²) >= 11 is -0.775. The Morgan fingerprint density at radius 2 is 1.47 bits per heavy atom. The predicted octanol–water partition coefficient (Wildman–Crippen LogP) is 4.32. The summed E-state index contributed by atoms with van der Waals surface area (Å²) in [7, 11) is 0. The van der Waals surface area contributed by atoms with Gasteiger partial charge in [0.2, 0.25) is 0 Å². The number of benzene rings is 1. The molecule has 1 aromatic carbocycles. The van der Waals surface area contributed by atoms with Gasteiger partial charge < -0.3 is 0 Å². The molecule has 0 aromatic heterocycles. The Hall–Kier alpha value is -0.248. The van der Waals surface area contributed by atoms with Gasteiger partial charge in [0.15, 0.2) is 0 Å². The molecule has 0 saturated heterocycles. The zero-order valence-corrected chi connectivity index (χ0v) is 13.5. The summed E-state index contributed by atoms with van der Waals surface area (Å²) in [6, 6.07) is 6.89. The van der Waals surface area contributed by atoms with E-state index in [0.717, 1.165) is 11.8 Å². The number of aryl methyl sites for hydroxylation is 1. The molecule has 1 aromatic rings. The number of hydrogen-bond donors (Lipinski definition) is 0. The van der Waals surface area contributed by atoms with E-state index >= 15 is 0 Å². The van der Waals surface area contributed by atoms with Gasteiger partial charge in [-0.2, -0.15) is 0 Å². The van der Waals surface area contributed by atoms with Gasteiger partial charge in [-0.1, -0.05) is 73.9 Å². The van der Waals surface area contributed by atoms with Crippen LogP contribution in [0.1, 0.15) is 38.8 Å². The van der Waals surface area contributed by atoms with E-state index in [-0.39, 0.29) is 0 Å². The van der Waals surface area contributed by atoms with Gasteiger partial charge in [0, 0.05) is 0 Å². The van der Waals surface area contributed by atoms with Crippen molar-refractivity contribution in [1.29, 1.82) is 0 Å². The fraction of sp³-hybridized carbons (Fsp3) is 0.625. The van der Waals surface area contributed by atoms with Crippen molar-refractivity contribution in [3.63, 3.8) is 0 Å². The molecule has 0 unspecified atom stereocenters. The van der Waals surface area contributed by atoms with E-state index in [1.807, 2.05) is 0 Å².